The highest BCUT2D eigenvalue weighted by atomic mass is 32.2. The Morgan fingerprint density at radius 3 is 2.93 bits per heavy atom. The lowest BCUT2D eigenvalue weighted by atomic mass is 10.0. The van der Waals surface area contributed by atoms with Crippen LogP contribution in [0.15, 0.2) is 0 Å². The molecule has 2 aliphatic heterocycles. The minimum absolute atomic E-state index is 0.460. The quantitative estimate of drug-likeness (QED) is 0.795. The Morgan fingerprint density at radius 2 is 2.33 bits per heavy atom. The normalized spacial score (nSPS) is 32.0. The maximum atomic E-state index is 3.62. The third-order valence-corrected chi connectivity index (χ3v) is 4.95. The van der Waals surface area contributed by atoms with Gasteiger partial charge in [0.05, 0.1) is 0 Å². The summed E-state index contributed by atoms with van der Waals surface area (Å²) in [6.07, 6.45) is 4.09. The van der Waals surface area contributed by atoms with Crippen LogP contribution in [-0.2, 0) is 0 Å². The fraction of sp³-hybridized carbons (Fsp3) is 1.00. The highest BCUT2D eigenvalue weighted by Gasteiger charge is 2.31. The fourth-order valence-electron chi connectivity index (χ4n) is 2.69. The van der Waals surface area contributed by atoms with Gasteiger partial charge in [0, 0.05) is 36.2 Å². The van der Waals surface area contributed by atoms with Crippen molar-refractivity contribution in [3.63, 3.8) is 0 Å². The number of rotatable bonds is 3. The van der Waals surface area contributed by atoms with Crippen LogP contribution in [0, 0.1) is 0 Å². The van der Waals surface area contributed by atoms with Gasteiger partial charge in [0.2, 0.25) is 0 Å². The molecule has 15 heavy (non-hydrogen) atoms. The topological polar surface area (TPSA) is 15.3 Å². The standard InChI is InChI=1S/C12H24N2S/c1-12(2)5-3-7-14(12)8-4-11-10-15-9-6-13-11/h11,13H,3-10H2,1-2H3. The summed E-state index contributed by atoms with van der Waals surface area (Å²) in [4.78, 5) is 2.67. The maximum absolute atomic E-state index is 3.62. The minimum atomic E-state index is 0.460. The van der Waals surface area contributed by atoms with E-state index < -0.39 is 0 Å². The van der Waals surface area contributed by atoms with Gasteiger partial charge in [-0.3, -0.25) is 4.90 Å². The van der Waals surface area contributed by atoms with Crippen LogP contribution in [0.5, 0.6) is 0 Å². The molecule has 1 atom stereocenters. The summed E-state index contributed by atoms with van der Waals surface area (Å²) < 4.78 is 0. The van der Waals surface area contributed by atoms with Crippen molar-refractivity contribution in [2.24, 2.45) is 0 Å². The van der Waals surface area contributed by atoms with Crippen LogP contribution in [0.2, 0.25) is 0 Å². The first-order chi connectivity index (χ1) is 7.18. The van der Waals surface area contributed by atoms with Crippen LogP contribution in [0.3, 0.4) is 0 Å². The molecule has 2 aliphatic rings. The first kappa shape index (κ1) is 11.7. The molecule has 2 fully saturated rings. The molecule has 2 rings (SSSR count). The second-order valence-corrected chi connectivity index (χ2v) is 6.57. The van der Waals surface area contributed by atoms with Crippen LogP contribution < -0.4 is 5.32 Å². The van der Waals surface area contributed by atoms with Gasteiger partial charge in [0.1, 0.15) is 0 Å². The third kappa shape index (κ3) is 3.11. The number of hydrogen-bond donors (Lipinski definition) is 1. The van der Waals surface area contributed by atoms with Crippen LogP contribution in [0.1, 0.15) is 33.1 Å². The minimum Gasteiger partial charge on any atom is -0.312 e. The van der Waals surface area contributed by atoms with Gasteiger partial charge in [-0.1, -0.05) is 0 Å². The van der Waals surface area contributed by atoms with Crippen LogP contribution >= 0.6 is 11.8 Å². The monoisotopic (exact) mass is 228 g/mol. The molecule has 0 bridgehead atoms. The Labute approximate surface area is 98.2 Å². The fourth-order valence-corrected chi connectivity index (χ4v) is 3.69. The Balaban J connectivity index is 1.72. The molecule has 0 amide bonds. The van der Waals surface area contributed by atoms with E-state index in [1.54, 1.807) is 0 Å². The van der Waals surface area contributed by atoms with Gasteiger partial charge < -0.3 is 5.32 Å². The Hall–Kier alpha value is 0.270. The lowest BCUT2D eigenvalue weighted by Gasteiger charge is -2.33. The Morgan fingerprint density at radius 1 is 1.47 bits per heavy atom. The molecule has 2 heterocycles. The third-order valence-electron chi connectivity index (χ3n) is 3.82. The van der Waals surface area contributed by atoms with E-state index in [1.807, 2.05) is 0 Å². The van der Waals surface area contributed by atoms with Crippen LogP contribution in [0.25, 0.3) is 0 Å². The molecule has 0 radical (unpaired) electrons. The molecule has 3 heteroatoms. The Kier molecular flexibility index (Phi) is 3.97. The van der Waals surface area contributed by atoms with Crippen molar-refractivity contribution < 1.29 is 0 Å². The zero-order valence-corrected chi connectivity index (χ0v) is 10.9. The number of nitrogens with zero attached hydrogens (tertiary/aromatic N) is 1. The van der Waals surface area contributed by atoms with Crippen molar-refractivity contribution >= 4 is 11.8 Å². The van der Waals surface area contributed by atoms with Gasteiger partial charge in [-0.2, -0.15) is 11.8 Å². The molecule has 88 valence electrons. The summed E-state index contributed by atoms with van der Waals surface area (Å²) >= 11 is 2.10. The summed E-state index contributed by atoms with van der Waals surface area (Å²) in [5.74, 6) is 2.61. The zero-order chi connectivity index (χ0) is 10.7. The van der Waals surface area contributed by atoms with E-state index >= 15 is 0 Å². The molecule has 0 aliphatic carbocycles. The van der Waals surface area contributed by atoms with E-state index in [4.69, 9.17) is 0 Å². The lowest BCUT2D eigenvalue weighted by molar-refractivity contribution is 0.168. The van der Waals surface area contributed by atoms with Crippen molar-refractivity contribution in [2.45, 2.75) is 44.7 Å². The van der Waals surface area contributed by atoms with E-state index in [0.717, 1.165) is 6.04 Å². The first-order valence-electron chi connectivity index (χ1n) is 6.25. The second-order valence-electron chi connectivity index (χ2n) is 5.42. The first-order valence-corrected chi connectivity index (χ1v) is 7.40. The van der Waals surface area contributed by atoms with Crippen molar-refractivity contribution in [1.29, 1.82) is 0 Å². The molecular formula is C12H24N2S. The largest absolute Gasteiger partial charge is 0.312 e. The summed E-state index contributed by atoms with van der Waals surface area (Å²) in [6.45, 7) is 8.59. The SMILES string of the molecule is CC1(C)CCCN1CCC1CSCCN1. The molecule has 0 saturated carbocycles. The molecule has 0 aromatic heterocycles. The van der Waals surface area contributed by atoms with Crippen LogP contribution in [-0.4, -0.2) is 47.6 Å². The zero-order valence-electron chi connectivity index (χ0n) is 10.1. The van der Waals surface area contributed by atoms with E-state index in [2.05, 4.69) is 35.8 Å². The van der Waals surface area contributed by atoms with Gasteiger partial charge in [0.15, 0.2) is 0 Å². The molecule has 1 N–H and O–H groups in total. The summed E-state index contributed by atoms with van der Waals surface area (Å²) in [6, 6.07) is 0.764. The molecule has 2 nitrogen and oxygen atoms in total. The summed E-state index contributed by atoms with van der Waals surface area (Å²) in [7, 11) is 0. The van der Waals surface area contributed by atoms with E-state index in [0.29, 0.717) is 5.54 Å². The molecule has 0 aromatic rings. The average Bonchev–Trinajstić information content (AvgIpc) is 2.56. The van der Waals surface area contributed by atoms with Crippen molar-refractivity contribution in [2.75, 3.05) is 31.1 Å². The van der Waals surface area contributed by atoms with Gasteiger partial charge >= 0.3 is 0 Å². The average molecular weight is 228 g/mol. The van der Waals surface area contributed by atoms with E-state index in [-0.39, 0.29) is 0 Å². The number of likely N-dealkylation sites (tertiary alicyclic amines) is 1. The van der Waals surface area contributed by atoms with Gasteiger partial charge in [-0.05, 0) is 39.7 Å². The number of thioether (sulfide) groups is 1. The van der Waals surface area contributed by atoms with Gasteiger partial charge in [0.25, 0.3) is 0 Å². The van der Waals surface area contributed by atoms with Gasteiger partial charge in [-0.25, -0.2) is 0 Å². The molecule has 0 spiro atoms. The van der Waals surface area contributed by atoms with Crippen molar-refractivity contribution in [3.8, 4) is 0 Å². The highest BCUT2D eigenvalue weighted by Crippen LogP contribution is 2.28. The molecule has 2 saturated heterocycles. The molecule has 0 aromatic carbocycles. The molecular weight excluding hydrogens is 204 g/mol. The van der Waals surface area contributed by atoms with Crippen molar-refractivity contribution in [1.82, 2.24) is 10.2 Å². The maximum Gasteiger partial charge on any atom is 0.0170 e. The smallest absolute Gasteiger partial charge is 0.0170 e. The second kappa shape index (κ2) is 5.07. The highest BCUT2D eigenvalue weighted by molar-refractivity contribution is 7.99. The summed E-state index contributed by atoms with van der Waals surface area (Å²) in [5, 5.41) is 3.62. The van der Waals surface area contributed by atoms with Crippen LogP contribution in [0.4, 0.5) is 0 Å². The van der Waals surface area contributed by atoms with Gasteiger partial charge in [-0.15, -0.1) is 0 Å². The van der Waals surface area contributed by atoms with Crippen molar-refractivity contribution in [3.05, 3.63) is 0 Å². The number of nitrogens with one attached hydrogen (secondary N) is 1. The van der Waals surface area contributed by atoms with E-state index in [9.17, 15) is 0 Å². The lowest BCUT2D eigenvalue weighted by Crippen LogP contribution is -2.43. The number of hydrogen-bond acceptors (Lipinski definition) is 3. The predicted molar refractivity (Wildman–Crippen MR) is 68.6 cm³/mol. The summed E-state index contributed by atoms with van der Waals surface area (Å²) in [5.41, 5.74) is 0.460. The predicted octanol–water partition coefficient (Wildman–Crippen LogP) is 1.96. The molecule has 1 unspecified atom stereocenters. The van der Waals surface area contributed by atoms with E-state index in [1.165, 1.54) is 50.4 Å². The Bertz CT molecular complexity index is 200.